The number of phenols is 1. The van der Waals surface area contributed by atoms with Gasteiger partial charge in [0.2, 0.25) is 0 Å². The fourth-order valence-electron chi connectivity index (χ4n) is 1.64. The molecule has 0 spiro atoms. The minimum absolute atomic E-state index is 0.250. The molecule has 1 heterocycles. The fourth-order valence-corrected chi connectivity index (χ4v) is 1.64. The number of nitrogens with one attached hydrogen (secondary N) is 1. The zero-order chi connectivity index (χ0) is 12.3. The van der Waals surface area contributed by atoms with Gasteiger partial charge in [0, 0.05) is 13.1 Å². The average Bonchev–Trinajstić information content (AvgIpc) is 2.69. The minimum Gasteiger partial charge on any atom is -0.508 e. The zero-order valence-electron chi connectivity index (χ0n) is 9.72. The van der Waals surface area contributed by atoms with Gasteiger partial charge in [-0.3, -0.25) is 0 Å². The molecule has 0 atom stereocenters. The molecular formula is C12H16N4O. The molecule has 0 bridgehead atoms. The van der Waals surface area contributed by atoms with Crippen molar-refractivity contribution >= 4 is 5.69 Å². The van der Waals surface area contributed by atoms with E-state index < -0.39 is 0 Å². The smallest absolute Gasteiger partial charge is 0.115 e. The SMILES string of the molecule is Cc1c(NCCN)cnn1-c1ccc(O)cc1. The molecule has 0 aliphatic carbocycles. The molecule has 17 heavy (non-hydrogen) atoms. The lowest BCUT2D eigenvalue weighted by Gasteiger charge is -2.06. The van der Waals surface area contributed by atoms with Crippen LogP contribution in [0.5, 0.6) is 5.75 Å². The van der Waals surface area contributed by atoms with Crippen LogP contribution in [-0.4, -0.2) is 28.0 Å². The summed E-state index contributed by atoms with van der Waals surface area (Å²) in [5, 5.41) is 16.7. The van der Waals surface area contributed by atoms with Crippen LogP contribution in [0.1, 0.15) is 5.69 Å². The fraction of sp³-hybridized carbons (Fsp3) is 0.250. The first-order valence-electron chi connectivity index (χ1n) is 5.50. The number of benzene rings is 1. The molecule has 4 N–H and O–H groups in total. The second kappa shape index (κ2) is 4.88. The van der Waals surface area contributed by atoms with Gasteiger partial charge in [0.15, 0.2) is 0 Å². The maximum atomic E-state index is 9.24. The van der Waals surface area contributed by atoms with E-state index in [2.05, 4.69) is 10.4 Å². The zero-order valence-corrected chi connectivity index (χ0v) is 9.72. The van der Waals surface area contributed by atoms with Crippen LogP contribution in [0, 0.1) is 6.92 Å². The van der Waals surface area contributed by atoms with Crippen molar-refractivity contribution < 1.29 is 5.11 Å². The Bertz CT molecular complexity index is 490. The van der Waals surface area contributed by atoms with Crippen LogP contribution in [-0.2, 0) is 0 Å². The van der Waals surface area contributed by atoms with Gasteiger partial charge in [0.05, 0.1) is 23.3 Å². The molecule has 0 unspecified atom stereocenters. The highest BCUT2D eigenvalue weighted by Gasteiger charge is 2.07. The molecule has 0 amide bonds. The molecule has 2 aromatic rings. The first-order chi connectivity index (χ1) is 8.22. The molecule has 5 heteroatoms. The number of aromatic nitrogens is 2. The lowest BCUT2D eigenvalue weighted by molar-refractivity contribution is 0.475. The molecule has 0 aliphatic heterocycles. The number of nitrogens with two attached hydrogens (primary N) is 1. The van der Waals surface area contributed by atoms with E-state index in [9.17, 15) is 5.11 Å². The average molecular weight is 232 g/mol. The van der Waals surface area contributed by atoms with Gasteiger partial charge in [-0.05, 0) is 31.2 Å². The van der Waals surface area contributed by atoms with Gasteiger partial charge >= 0.3 is 0 Å². The highest BCUT2D eigenvalue weighted by Crippen LogP contribution is 2.19. The van der Waals surface area contributed by atoms with Crippen LogP contribution in [0.15, 0.2) is 30.5 Å². The standard InChI is InChI=1S/C12H16N4O/c1-9-12(14-7-6-13)8-15-16(9)10-2-4-11(17)5-3-10/h2-5,8,14,17H,6-7,13H2,1H3. The topological polar surface area (TPSA) is 76.1 Å². The van der Waals surface area contributed by atoms with Crippen LogP contribution < -0.4 is 11.1 Å². The molecule has 0 saturated heterocycles. The van der Waals surface area contributed by atoms with Crippen LogP contribution >= 0.6 is 0 Å². The Labute approximate surface area is 99.9 Å². The van der Waals surface area contributed by atoms with E-state index in [0.29, 0.717) is 6.54 Å². The van der Waals surface area contributed by atoms with E-state index in [0.717, 1.165) is 23.6 Å². The first-order valence-corrected chi connectivity index (χ1v) is 5.50. The number of hydrogen-bond acceptors (Lipinski definition) is 4. The molecule has 1 aromatic heterocycles. The third kappa shape index (κ3) is 2.39. The molecule has 90 valence electrons. The van der Waals surface area contributed by atoms with Gasteiger partial charge in [-0.1, -0.05) is 0 Å². The number of aromatic hydroxyl groups is 1. The summed E-state index contributed by atoms with van der Waals surface area (Å²) >= 11 is 0. The largest absolute Gasteiger partial charge is 0.508 e. The van der Waals surface area contributed by atoms with Crippen molar-refractivity contribution in [1.82, 2.24) is 9.78 Å². The number of anilines is 1. The van der Waals surface area contributed by atoms with Gasteiger partial charge in [-0.2, -0.15) is 5.10 Å². The first kappa shape index (κ1) is 11.5. The summed E-state index contributed by atoms with van der Waals surface area (Å²) in [6.45, 7) is 3.30. The lowest BCUT2D eigenvalue weighted by Crippen LogP contribution is -2.13. The van der Waals surface area contributed by atoms with E-state index in [1.165, 1.54) is 0 Å². The summed E-state index contributed by atoms with van der Waals surface area (Å²) in [6, 6.07) is 6.93. The van der Waals surface area contributed by atoms with Gasteiger partial charge < -0.3 is 16.2 Å². The Balaban J connectivity index is 2.27. The van der Waals surface area contributed by atoms with Gasteiger partial charge in [0.1, 0.15) is 5.75 Å². The number of rotatable bonds is 4. The Morgan fingerprint density at radius 2 is 2.06 bits per heavy atom. The minimum atomic E-state index is 0.250. The Kier molecular flexibility index (Phi) is 3.30. The summed E-state index contributed by atoms with van der Waals surface area (Å²) in [5.74, 6) is 0.250. The molecule has 2 rings (SSSR count). The van der Waals surface area contributed by atoms with Crippen molar-refractivity contribution in [3.05, 3.63) is 36.2 Å². The quantitative estimate of drug-likeness (QED) is 0.741. The maximum absolute atomic E-state index is 9.24. The highest BCUT2D eigenvalue weighted by molar-refractivity contribution is 5.49. The van der Waals surface area contributed by atoms with E-state index in [1.807, 2.05) is 23.7 Å². The third-order valence-corrected chi connectivity index (χ3v) is 2.56. The van der Waals surface area contributed by atoms with Crippen LogP contribution in [0.3, 0.4) is 0 Å². The number of nitrogens with zero attached hydrogens (tertiary/aromatic N) is 2. The van der Waals surface area contributed by atoms with Crippen molar-refractivity contribution in [1.29, 1.82) is 0 Å². The summed E-state index contributed by atoms with van der Waals surface area (Å²) in [5.41, 5.74) is 8.35. The normalized spacial score (nSPS) is 10.5. The molecular weight excluding hydrogens is 216 g/mol. The highest BCUT2D eigenvalue weighted by atomic mass is 16.3. The van der Waals surface area contributed by atoms with Crippen molar-refractivity contribution in [3.8, 4) is 11.4 Å². The molecule has 0 aliphatic rings. The van der Waals surface area contributed by atoms with Gasteiger partial charge in [-0.15, -0.1) is 0 Å². The van der Waals surface area contributed by atoms with E-state index in [-0.39, 0.29) is 5.75 Å². The number of hydrogen-bond donors (Lipinski definition) is 3. The van der Waals surface area contributed by atoms with Crippen molar-refractivity contribution in [2.45, 2.75) is 6.92 Å². The molecule has 0 saturated carbocycles. The number of phenolic OH excluding ortho intramolecular Hbond substituents is 1. The second-order valence-corrected chi connectivity index (χ2v) is 3.79. The van der Waals surface area contributed by atoms with E-state index in [1.54, 1.807) is 18.3 Å². The van der Waals surface area contributed by atoms with Crippen molar-refractivity contribution in [2.75, 3.05) is 18.4 Å². The molecule has 0 fully saturated rings. The second-order valence-electron chi connectivity index (χ2n) is 3.79. The summed E-state index contributed by atoms with van der Waals surface area (Å²) in [4.78, 5) is 0. The Morgan fingerprint density at radius 3 is 2.71 bits per heavy atom. The molecule has 5 nitrogen and oxygen atoms in total. The third-order valence-electron chi connectivity index (χ3n) is 2.56. The van der Waals surface area contributed by atoms with Crippen molar-refractivity contribution in [2.24, 2.45) is 5.73 Å². The maximum Gasteiger partial charge on any atom is 0.115 e. The van der Waals surface area contributed by atoms with Crippen molar-refractivity contribution in [3.63, 3.8) is 0 Å². The summed E-state index contributed by atoms with van der Waals surface area (Å²) < 4.78 is 1.82. The lowest BCUT2D eigenvalue weighted by atomic mass is 10.3. The van der Waals surface area contributed by atoms with Crippen LogP contribution in [0.4, 0.5) is 5.69 Å². The predicted octanol–water partition coefficient (Wildman–Crippen LogP) is 1.26. The Hall–Kier alpha value is -2.01. The van der Waals surface area contributed by atoms with Crippen LogP contribution in [0.25, 0.3) is 5.69 Å². The summed E-state index contributed by atoms with van der Waals surface area (Å²) in [6.07, 6.45) is 1.78. The molecule has 0 radical (unpaired) electrons. The molecule has 1 aromatic carbocycles. The summed E-state index contributed by atoms with van der Waals surface area (Å²) in [7, 11) is 0. The van der Waals surface area contributed by atoms with Gasteiger partial charge in [0.25, 0.3) is 0 Å². The van der Waals surface area contributed by atoms with Crippen LogP contribution in [0.2, 0.25) is 0 Å². The monoisotopic (exact) mass is 232 g/mol. The predicted molar refractivity (Wildman–Crippen MR) is 67.5 cm³/mol. The van der Waals surface area contributed by atoms with Gasteiger partial charge in [-0.25, -0.2) is 4.68 Å². The Morgan fingerprint density at radius 1 is 1.35 bits per heavy atom. The van der Waals surface area contributed by atoms with E-state index >= 15 is 0 Å². The van der Waals surface area contributed by atoms with E-state index in [4.69, 9.17) is 5.73 Å².